The van der Waals surface area contributed by atoms with Gasteiger partial charge in [-0.3, -0.25) is 4.98 Å². The molecule has 0 saturated heterocycles. The van der Waals surface area contributed by atoms with E-state index in [1.807, 2.05) is 18.3 Å². The summed E-state index contributed by atoms with van der Waals surface area (Å²) in [5, 5.41) is 4.00. The summed E-state index contributed by atoms with van der Waals surface area (Å²) >= 11 is 0. The molecule has 0 bridgehead atoms. The Kier molecular flexibility index (Phi) is 4.00. The Labute approximate surface area is 119 Å². The fourth-order valence-electron chi connectivity index (χ4n) is 3.11. The summed E-state index contributed by atoms with van der Waals surface area (Å²) in [4.78, 5) is 4.18. The first-order chi connectivity index (χ1) is 9.86. The number of rotatable bonds is 2. The van der Waals surface area contributed by atoms with Crippen molar-refractivity contribution in [2.75, 3.05) is 5.73 Å². The van der Waals surface area contributed by atoms with Crippen LogP contribution in [-0.2, 0) is 0 Å². The molecule has 1 saturated carbocycles. The molecule has 0 spiro atoms. The molecule has 0 amide bonds. The predicted molar refractivity (Wildman–Crippen MR) is 79.2 cm³/mol. The zero-order valence-electron chi connectivity index (χ0n) is 11.7. The lowest BCUT2D eigenvalue weighted by Gasteiger charge is -2.18. The van der Waals surface area contributed by atoms with Gasteiger partial charge in [0, 0.05) is 23.9 Å². The number of nitrogen functional groups attached to an aromatic ring is 1. The largest absolute Gasteiger partial charge is 0.380 e. The second-order valence-corrected chi connectivity index (χ2v) is 5.59. The van der Waals surface area contributed by atoms with Crippen molar-refractivity contribution in [2.45, 2.75) is 50.9 Å². The highest BCUT2D eigenvalue weighted by Gasteiger charge is 2.24. The quantitative estimate of drug-likeness (QED) is 0.891. The van der Waals surface area contributed by atoms with Crippen molar-refractivity contribution in [2.24, 2.45) is 0 Å². The molecule has 3 rings (SSSR count). The molecule has 106 valence electrons. The Bertz CT molecular complexity index is 542. The Hall–Kier alpha value is -1.84. The molecule has 0 radical (unpaired) electrons. The maximum atomic E-state index is 6.02. The molecule has 2 N–H and O–H groups in total. The van der Waals surface area contributed by atoms with E-state index < -0.39 is 0 Å². The SMILES string of the molecule is Nc1noc(C2CCCCCCC2)c1-c1cccnc1. The smallest absolute Gasteiger partial charge is 0.175 e. The van der Waals surface area contributed by atoms with E-state index in [0.29, 0.717) is 11.7 Å². The van der Waals surface area contributed by atoms with E-state index >= 15 is 0 Å². The van der Waals surface area contributed by atoms with E-state index in [0.717, 1.165) is 16.9 Å². The number of nitrogens with zero attached hydrogens (tertiary/aromatic N) is 2. The third-order valence-corrected chi connectivity index (χ3v) is 4.17. The highest BCUT2D eigenvalue weighted by molar-refractivity contribution is 5.75. The maximum Gasteiger partial charge on any atom is 0.175 e. The minimum absolute atomic E-state index is 0.440. The van der Waals surface area contributed by atoms with Crippen LogP contribution >= 0.6 is 0 Å². The molecular weight excluding hydrogens is 250 g/mol. The second-order valence-electron chi connectivity index (χ2n) is 5.59. The molecule has 0 atom stereocenters. The van der Waals surface area contributed by atoms with Crippen molar-refractivity contribution >= 4 is 5.82 Å². The number of nitrogens with two attached hydrogens (primary N) is 1. The number of hydrogen-bond donors (Lipinski definition) is 1. The summed E-state index contributed by atoms with van der Waals surface area (Å²) in [5.41, 5.74) is 7.97. The van der Waals surface area contributed by atoms with Crippen LogP contribution in [0.2, 0.25) is 0 Å². The van der Waals surface area contributed by atoms with Gasteiger partial charge in [-0.05, 0) is 18.9 Å². The van der Waals surface area contributed by atoms with Crippen LogP contribution in [-0.4, -0.2) is 10.1 Å². The van der Waals surface area contributed by atoms with Crippen LogP contribution in [0.1, 0.15) is 56.6 Å². The number of anilines is 1. The molecule has 1 aliphatic rings. The first-order valence-corrected chi connectivity index (χ1v) is 7.51. The van der Waals surface area contributed by atoms with Crippen molar-refractivity contribution in [1.82, 2.24) is 10.1 Å². The molecule has 4 nitrogen and oxygen atoms in total. The molecule has 2 aromatic heterocycles. The summed E-state index contributed by atoms with van der Waals surface area (Å²) < 4.78 is 5.58. The van der Waals surface area contributed by atoms with Crippen LogP contribution in [0.3, 0.4) is 0 Å². The minimum Gasteiger partial charge on any atom is -0.380 e. The molecule has 20 heavy (non-hydrogen) atoms. The van der Waals surface area contributed by atoms with Crippen LogP contribution < -0.4 is 5.73 Å². The fourth-order valence-corrected chi connectivity index (χ4v) is 3.11. The van der Waals surface area contributed by atoms with Gasteiger partial charge in [-0.15, -0.1) is 0 Å². The van der Waals surface area contributed by atoms with Crippen molar-refractivity contribution in [3.05, 3.63) is 30.3 Å². The van der Waals surface area contributed by atoms with E-state index in [9.17, 15) is 0 Å². The van der Waals surface area contributed by atoms with Gasteiger partial charge in [0.15, 0.2) is 5.82 Å². The van der Waals surface area contributed by atoms with E-state index in [1.165, 1.54) is 44.9 Å². The van der Waals surface area contributed by atoms with Gasteiger partial charge in [0.2, 0.25) is 0 Å². The fraction of sp³-hybridized carbons (Fsp3) is 0.500. The number of aromatic nitrogens is 2. The second kappa shape index (κ2) is 6.07. The molecule has 0 aromatic carbocycles. The van der Waals surface area contributed by atoms with Crippen molar-refractivity contribution in [1.29, 1.82) is 0 Å². The van der Waals surface area contributed by atoms with E-state index in [4.69, 9.17) is 10.3 Å². The van der Waals surface area contributed by atoms with Crippen LogP contribution in [0.5, 0.6) is 0 Å². The predicted octanol–water partition coefficient (Wildman–Crippen LogP) is 4.15. The summed E-state index contributed by atoms with van der Waals surface area (Å²) in [6.45, 7) is 0. The average molecular weight is 271 g/mol. The lowest BCUT2D eigenvalue weighted by Crippen LogP contribution is -2.03. The highest BCUT2D eigenvalue weighted by Crippen LogP contribution is 2.39. The van der Waals surface area contributed by atoms with E-state index in [-0.39, 0.29) is 0 Å². The van der Waals surface area contributed by atoms with E-state index in [2.05, 4.69) is 10.1 Å². The van der Waals surface area contributed by atoms with Gasteiger partial charge in [-0.1, -0.05) is 43.3 Å². The highest BCUT2D eigenvalue weighted by atomic mass is 16.5. The average Bonchev–Trinajstić information content (AvgIpc) is 2.81. The summed E-state index contributed by atoms with van der Waals surface area (Å²) in [6, 6.07) is 3.94. The monoisotopic (exact) mass is 271 g/mol. The Morgan fingerprint density at radius 3 is 2.55 bits per heavy atom. The Morgan fingerprint density at radius 2 is 1.85 bits per heavy atom. The molecule has 4 heteroatoms. The van der Waals surface area contributed by atoms with Gasteiger partial charge in [0.1, 0.15) is 5.76 Å². The van der Waals surface area contributed by atoms with Gasteiger partial charge in [0.05, 0.1) is 5.56 Å². The normalized spacial score (nSPS) is 17.6. The van der Waals surface area contributed by atoms with Crippen molar-refractivity contribution < 1.29 is 4.52 Å². The van der Waals surface area contributed by atoms with Gasteiger partial charge in [-0.25, -0.2) is 0 Å². The topological polar surface area (TPSA) is 64.9 Å². The van der Waals surface area contributed by atoms with Crippen LogP contribution in [0.4, 0.5) is 5.82 Å². The maximum absolute atomic E-state index is 6.02. The lowest BCUT2D eigenvalue weighted by molar-refractivity contribution is 0.332. The zero-order chi connectivity index (χ0) is 13.8. The molecule has 0 unspecified atom stereocenters. The Morgan fingerprint density at radius 1 is 1.10 bits per heavy atom. The first-order valence-electron chi connectivity index (χ1n) is 7.51. The van der Waals surface area contributed by atoms with Crippen LogP contribution in [0.15, 0.2) is 29.0 Å². The van der Waals surface area contributed by atoms with Gasteiger partial charge >= 0.3 is 0 Å². The summed E-state index contributed by atoms with van der Waals surface area (Å²) in [7, 11) is 0. The number of hydrogen-bond acceptors (Lipinski definition) is 4. The van der Waals surface area contributed by atoms with E-state index in [1.54, 1.807) is 6.20 Å². The molecule has 0 aliphatic heterocycles. The molecule has 1 aliphatic carbocycles. The van der Waals surface area contributed by atoms with Crippen molar-refractivity contribution in [3.8, 4) is 11.1 Å². The van der Waals surface area contributed by atoms with Crippen LogP contribution in [0, 0.1) is 0 Å². The van der Waals surface area contributed by atoms with Gasteiger partial charge < -0.3 is 10.3 Å². The molecule has 1 fully saturated rings. The standard InChI is InChI=1S/C16H21N3O/c17-16-14(13-9-6-10-18-11-13)15(20-19-16)12-7-4-2-1-3-5-8-12/h6,9-12H,1-5,7-8H2,(H2,17,19). The van der Waals surface area contributed by atoms with Crippen molar-refractivity contribution in [3.63, 3.8) is 0 Å². The third kappa shape index (κ3) is 2.69. The molecular formula is C16H21N3O. The van der Waals surface area contributed by atoms with Crippen LogP contribution in [0.25, 0.3) is 11.1 Å². The zero-order valence-corrected chi connectivity index (χ0v) is 11.7. The van der Waals surface area contributed by atoms with Gasteiger partial charge in [-0.2, -0.15) is 0 Å². The summed E-state index contributed by atoms with van der Waals surface area (Å²) in [6.07, 6.45) is 12.5. The molecule has 2 aromatic rings. The first kappa shape index (κ1) is 13.2. The lowest BCUT2D eigenvalue weighted by atomic mass is 9.87. The van der Waals surface area contributed by atoms with Gasteiger partial charge in [0.25, 0.3) is 0 Å². The third-order valence-electron chi connectivity index (χ3n) is 4.17. The minimum atomic E-state index is 0.440. The summed E-state index contributed by atoms with van der Waals surface area (Å²) in [5.74, 6) is 1.88. The Balaban J connectivity index is 1.93. The molecule has 2 heterocycles. The number of pyridine rings is 1.